The molecule has 3 rings (SSSR count). The molecule has 1 aromatic carbocycles. The van der Waals surface area contributed by atoms with Gasteiger partial charge in [0.2, 0.25) is 0 Å². The van der Waals surface area contributed by atoms with Crippen LogP contribution in [0.4, 0.5) is 4.39 Å². The predicted molar refractivity (Wildman–Crippen MR) is 94.5 cm³/mol. The lowest BCUT2D eigenvalue weighted by Gasteiger charge is -2.31. The normalized spacial score (nSPS) is 20.8. The van der Waals surface area contributed by atoms with Gasteiger partial charge in [0.15, 0.2) is 0 Å². The molecule has 6 heteroatoms. The van der Waals surface area contributed by atoms with E-state index in [0.717, 1.165) is 29.8 Å². The van der Waals surface area contributed by atoms with Crippen molar-refractivity contribution in [3.05, 3.63) is 40.7 Å². The summed E-state index contributed by atoms with van der Waals surface area (Å²) in [6.45, 7) is 2.44. The first-order valence-corrected chi connectivity index (χ1v) is 9.14. The third-order valence-electron chi connectivity index (χ3n) is 4.62. The van der Waals surface area contributed by atoms with E-state index in [0.29, 0.717) is 23.0 Å². The SMILES string of the molecule is Cc1nc(-c2ccc(F)cc2)sc1C(=O)NC1CCCCC1CN. The van der Waals surface area contributed by atoms with Crippen LogP contribution in [0.1, 0.15) is 41.0 Å². The monoisotopic (exact) mass is 347 g/mol. The summed E-state index contributed by atoms with van der Waals surface area (Å²) in [4.78, 5) is 17.7. The van der Waals surface area contributed by atoms with Gasteiger partial charge in [0.05, 0.1) is 5.69 Å². The van der Waals surface area contributed by atoms with Crippen molar-refractivity contribution in [2.45, 2.75) is 38.6 Å². The second-order valence-corrected chi connectivity index (χ2v) is 7.30. The topological polar surface area (TPSA) is 68.0 Å². The van der Waals surface area contributed by atoms with Crippen LogP contribution < -0.4 is 11.1 Å². The van der Waals surface area contributed by atoms with E-state index in [1.807, 2.05) is 6.92 Å². The van der Waals surface area contributed by atoms with Gasteiger partial charge in [-0.2, -0.15) is 0 Å². The molecule has 2 atom stereocenters. The van der Waals surface area contributed by atoms with E-state index in [4.69, 9.17) is 5.73 Å². The van der Waals surface area contributed by atoms with E-state index in [2.05, 4.69) is 10.3 Å². The van der Waals surface area contributed by atoms with Crippen LogP contribution in [0, 0.1) is 18.7 Å². The average molecular weight is 347 g/mol. The largest absolute Gasteiger partial charge is 0.348 e. The standard InChI is InChI=1S/C18H22FN3OS/c1-11-16(17(23)22-15-5-3-2-4-13(15)10-20)24-18(21-11)12-6-8-14(19)9-7-12/h6-9,13,15H,2-5,10,20H2,1H3,(H,22,23). The number of nitrogens with one attached hydrogen (secondary N) is 1. The molecule has 1 aromatic heterocycles. The fraction of sp³-hybridized carbons (Fsp3) is 0.444. The molecule has 0 saturated heterocycles. The van der Waals surface area contributed by atoms with Crippen molar-refractivity contribution in [1.82, 2.24) is 10.3 Å². The number of thiazole rings is 1. The fourth-order valence-electron chi connectivity index (χ4n) is 3.24. The number of carbonyl (C=O) groups is 1. The maximum absolute atomic E-state index is 13.1. The van der Waals surface area contributed by atoms with Crippen LogP contribution in [0.15, 0.2) is 24.3 Å². The van der Waals surface area contributed by atoms with Gasteiger partial charge in [-0.25, -0.2) is 9.37 Å². The molecule has 0 radical (unpaired) electrons. The zero-order valence-electron chi connectivity index (χ0n) is 13.7. The van der Waals surface area contributed by atoms with Crippen LogP contribution >= 0.6 is 11.3 Å². The molecule has 1 heterocycles. The number of nitrogens with two attached hydrogens (primary N) is 1. The van der Waals surface area contributed by atoms with Crippen molar-refractivity contribution in [3.8, 4) is 10.6 Å². The van der Waals surface area contributed by atoms with Crippen molar-refractivity contribution in [2.75, 3.05) is 6.54 Å². The maximum atomic E-state index is 13.1. The van der Waals surface area contributed by atoms with E-state index in [9.17, 15) is 9.18 Å². The summed E-state index contributed by atoms with van der Waals surface area (Å²) in [5.74, 6) is -0.00803. The molecule has 1 fully saturated rings. The quantitative estimate of drug-likeness (QED) is 0.889. The van der Waals surface area contributed by atoms with E-state index in [1.54, 1.807) is 12.1 Å². The summed E-state index contributed by atoms with van der Waals surface area (Å²) in [7, 11) is 0. The van der Waals surface area contributed by atoms with Crippen LogP contribution in [0.3, 0.4) is 0 Å². The van der Waals surface area contributed by atoms with Gasteiger partial charge in [-0.3, -0.25) is 4.79 Å². The number of carbonyl (C=O) groups excluding carboxylic acids is 1. The van der Waals surface area contributed by atoms with Crippen LogP contribution in [0.2, 0.25) is 0 Å². The third-order valence-corrected chi connectivity index (χ3v) is 5.83. The maximum Gasteiger partial charge on any atom is 0.263 e. The Morgan fingerprint density at radius 1 is 1.33 bits per heavy atom. The Kier molecular flexibility index (Phi) is 5.26. The molecule has 24 heavy (non-hydrogen) atoms. The van der Waals surface area contributed by atoms with Gasteiger partial charge in [-0.1, -0.05) is 12.8 Å². The number of amides is 1. The Hall–Kier alpha value is -1.79. The molecule has 0 spiro atoms. The summed E-state index contributed by atoms with van der Waals surface area (Å²) < 4.78 is 13.1. The molecule has 0 bridgehead atoms. The second kappa shape index (κ2) is 7.40. The van der Waals surface area contributed by atoms with Crippen molar-refractivity contribution >= 4 is 17.2 Å². The molecular formula is C18H22FN3OS. The van der Waals surface area contributed by atoms with Crippen LogP contribution in [-0.4, -0.2) is 23.5 Å². The molecule has 0 aliphatic heterocycles. The zero-order chi connectivity index (χ0) is 17.1. The minimum Gasteiger partial charge on any atom is -0.348 e. The molecule has 4 nitrogen and oxygen atoms in total. The van der Waals surface area contributed by atoms with Crippen LogP contribution in [0.25, 0.3) is 10.6 Å². The molecule has 1 saturated carbocycles. The highest BCUT2D eigenvalue weighted by atomic mass is 32.1. The predicted octanol–water partition coefficient (Wildman–Crippen LogP) is 3.50. The number of aryl methyl sites for hydroxylation is 1. The van der Waals surface area contributed by atoms with Gasteiger partial charge >= 0.3 is 0 Å². The zero-order valence-corrected chi connectivity index (χ0v) is 14.5. The first kappa shape index (κ1) is 17.0. The molecule has 2 unspecified atom stereocenters. The number of nitrogens with zero attached hydrogens (tertiary/aromatic N) is 1. The minimum atomic E-state index is -0.282. The van der Waals surface area contributed by atoms with Crippen LogP contribution in [0.5, 0.6) is 0 Å². The molecule has 3 N–H and O–H groups in total. The second-order valence-electron chi connectivity index (χ2n) is 6.30. The highest BCUT2D eigenvalue weighted by molar-refractivity contribution is 7.17. The smallest absolute Gasteiger partial charge is 0.263 e. The summed E-state index contributed by atoms with van der Waals surface area (Å²) in [5.41, 5.74) is 7.36. The lowest BCUT2D eigenvalue weighted by atomic mass is 9.84. The molecule has 1 amide bonds. The summed E-state index contributed by atoms with van der Waals surface area (Å²) in [6.07, 6.45) is 4.37. The number of halogens is 1. The number of aromatic nitrogens is 1. The Balaban J connectivity index is 1.76. The number of rotatable bonds is 4. The minimum absolute atomic E-state index is 0.0799. The fourth-order valence-corrected chi connectivity index (χ4v) is 4.21. The van der Waals surface area contributed by atoms with Gasteiger partial charge in [-0.15, -0.1) is 11.3 Å². The highest BCUT2D eigenvalue weighted by Crippen LogP contribution is 2.29. The summed E-state index contributed by atoms with van der Waals surface area (Å²) >= 11 is 1.35. The van der Waals surface area contributed by atoms with E-state index < -0.39 is 0 Å². The Bertz CT molecular complexity index is 714. The van der Waals surface area contributed by atoms with Crippen molar-refractivity contribution in [3.63, 3.8) is 0 Å². The van der Waals surface area contributed by atoms with Crippen molar-refractivity contribution < 1.29 is 9.18 Å². The number of hydrogen-bond donors (Lipinski definition) is 2. The van der Waals surface area contributed by atoms with E-state index in [1.165, 1.54) is 29.9 Å². The third kappa shape index (κ3) is 3.65. The molecule has 2 aromatic rings. The lowest BCUT2D eigenvalue weighted by Crippen LogP contribution is -2.44. The van der Waals surface area contributed by atoms with Gasteiger partial charge < -0.3 is 11.1 Å². The van der Waals surface area contributed by atoms with Crippen LogP contribution in [-0.2, 0) is 0 Å². The van der Waals surface area contributed by atoms with Gasteiger partial charge in [0, 0.05) is 11.6 Å². The summed E-state index contributed by atoms with van der Waals surface area (Å²) in [5, 5.41) is 3.88. The van der Waals surface area contributed by atoms with E-state index in [-0.39, 0.29) is 17.8 Å². The molecule has 1 aliphatic rings. The van der Waals surface area contributed by atoms with Crippen molar-refractivity contribution in [1.29, 1.82) is 0 Å². The van der Waals surface area contributed by atoms with E-state index >= 15 is 0 Å². The first-order valence-electron chi connectivity index (χ1n) is 8.32. The lowest BCUT2D eigenvalue weighted by molar-refractivity contribution is 0.0911. The van der Waals surface area contributed by atoms with Gasteiger partial charge in [0.25, 0.3) is 5.91 Å². The first-order chi connectivity index (χ1) is 11.6. The number of benzene rings is 1. The Morgan fingerprint density at radius 3 is 2.75 bits per heavy atom. The number of hydrogen-bond acceptors (Lipinski definition) is 4. The highest BCUT2D eigenvalue weighted by Gasteiger charge is 2.27. The van der Waals surface area contributed by atoms with Gasteiger partial charge in [-0.05, 0) is 56.5 Å². The molecular weight excluding hydrogens is 325 g/mol. The van der Waals surface area contributed by atoms with Gasteiger partial charge in [0.1, 0.15) is 15.7 Å². The Labute approximate surface area is 145 Å². The Morgan fingerprint density at radius 2 is 2.04 bits per heavy atom. The molecule has 128 valence electrons. The van der Waals surface area contributed by atoms with Crippen molar-refractivity contribution in [2.24, 2.45) is 11.7 Å². The average Bonchev–Trinajstić information content (AvgIpc) is 2.98. The summed E-state index contributed by atoms with van der Waals surface area (Å²) in [6, 6.07) is 6.31. The molecule has 1 aliphatic carbocycles.